The van der Waals surface area contributed by atoms with Crippen LogP contribution in [0.2, 0.25) is 5.02 Å². The van der Waals surface area contributed by atoms with Crippen molar-refractivity contribution in [3.63, 3.8) is 0 Å². The van der Waals surface area contributed by atoms with Crippen LogP contribution in [0.1, 0.15) is 24.5 Å². The summed E-state index contributed by atoms with van der Waals surface area (Å²) in [5.74, 6) is 0.0566. The number of rotatable bonds is 7. The van der Waals surface area contributed by atoms with Crippen molar-refractivity contribution in [2.75, 3.05) is 13.6 Å². The quantitative estimate of drug-likeness (QED) is 0.412. The number of phenols is 1. The van der Waals surface area contributed by atoms with Crippen molar-refractivity contribution in [2.45, 2.75) is 32.9 Å². The first kappa shape index (κ1) is 23.9. The van der Waals surface area contributed by atoms with E-state index in [0.29, 0.717) is 34.7 Å². The van der Waals surface area contributed by atoms with Crippen molar-refractivity contribution in [2.24, 2.45) is 5.73 Å². The summed E-state index contributed by atoms with van der Waals surface area (Å²) in [4.78, 5) is 20.4. The summed E-state index contributed by atoms with van der Waals surface area (Å²) in [5, 5.41) is 15.3. The highest BCUT2D eigenvalue weighted by Gasteiger charge is 2.19. The van der Waals surface area contributed by atoms with Crippen molar-refractivity contribution in [3.8, 4) is 22.6 Å². The molecular formula is C26H28ClN5O2. The molecule has 8 heteroatoms. The number of likely N-dealkylation sites (N-methyl/N-ethyl adjacent to an activating group) is 1. The van der Waals surface area contributed by atoms with Crippen LogP contribution in [0.5, 0.6) is 5.75 Å². The molecule has 0 aliphatic heterocycles. The zero-order valence-corrected chi connectivity index (χ0v) is 20.3. The number of aromatic hydroxyl groups is 1. The summed E-state index contributed by atoms with van der Waals surface area (Å²) in [5.41, 5.74) is 10.5. The van der Waals surface area contributed by atoms with Gasteiger partial charge in [-0.05, 0) is 61.3 Å². The molecule has 0 spiro atoms. The number of phenolic OH excluding ortho intramolecular Hbond substituents is 1. The number of nitrogens with zero attached hydrogens (tertiary/aromatic N) is 4. The summed E-state index contributed by atoms with van der Waals surface area (Å²) in [6.45, 7) is 5.21. The third-order valence-corrected chi connectivity index (χ3v) is 6.06. The van der Waals surface area contributed by atoms with Gasteiger partial charge in [0.15, 0.2) is 0 Å². The van der Waals surface area contributed by atoms with Crippen molar-refractivity contribution in [1.82, 2.24) is 19.7 Å². The Morgan fingerprint density at radius 3 is 2.71 bits per heavy atom. The van der Waals surface area contributed by atoms with E-state index in [9.17, 15) is 9.90 Å². The molecule has 2 aromatic heterocycles. The molecule has 0 amide bonds. The maximum Gasteiger partial charge on any atom is 0.281 e. The van der Waals surface area contributed by atoms with Crippen molar-refractivity contribution in [3.05, 3.63) is 81.4 Å². The van der Waals surface area contributed by atoms with Gasteiger partial charge in [-0.1, -0.05) is 30.7 Å². The van der Waals surface area contributed by atoms with Gasteiger partial charge in [0, 0.05) is 42.0 Å². The van der Waals surface area contributed by atoms with Gasteiger partial charge in [0.25, 0.3) is 5.56 Å². The standard InChI is InChI=1S/C26H28ClN5O2/c1-4-19(28)14-31(3)15-23-22(17-8-16(2)9-18(27)10-17)12-29-24-13-30-32(26(34)25(23)24)20-6-5-7-21(33)11-20/h5-13,19,33H,4,14-15,28H2,1-3H3/t19-/m0/s1. The second-order valence-corrected chi connectivity index (χ2v) is 9.11. The summed E-state index contributed by atoms with van der Waals surface area (Å²) in [6, 6.07) is 12.3. The lowest BCUT2D eigenvalue weighted by Crippen LogP contribution is -2.35. The number of aryl methyl sites for hydroxylation is 1. The molecule has 2 aromatic carbocycles. The number of nitrogens with two attached hydrogens (primary N) is 1. The average molecular weight is 478 g/mol. The fourth-order valence-electron chi connectivity index (χ4n) is 4.15. The minimum Gasteiger partial charge on any atom is -0.508 e. The maximum absolute atomic E-state index is 13.7. The van der Waals surface area contributed by atoms with Crippen LogP contribution >= 0.6 is 11.6 Å². The molecule has 0 radical (unpaired) electrons. The summed E-state index contributed by atoms with van der Waals surface area (Å²) < 4.78 is 1.29. The Kier molecular flexibility index (Phi) is 6.97. The van der Waals surface area contributed by atoms with E-state index in [1.165, 1.54) is 10.7 Å². The molecule has 4 aromatic rings. The molecular weight excluding hydrogens is 450 g/mol. The zero-order chi connectivity index (χ0) is 24.4. The summed E-state index contributed by atoms with van der Waals surface area (Å²) in [7, 11) is 1.99. The number of hydrogen-bond donors (Lipinski definition) is 2. The highest BCUT2D eigenvalue weighted by Crippen LogP contribution is 2.31. The van der Waals surface area contributed by atoms with Crippen LogP contribution in [0, 0.1) is 6.92 Å². The Hall–Kier alpha value is -3.26. The molecule has 0 bridgehead atoms. The SMILES string of the molecule is CC[C@H](N)CN(C)Cc1c(-c2cc(C)cc(Cl)c2)cnc2cnn(-c3cccc(O)c3)c(=O)c12. The Labute approximate surface area is 203 Å². The number of fused-ring (bicyclic) bond motifs is 1. The molecule has 0 fully saturated rings. The molecule has 176 valence electrons. The van der Waals surface area contributed by atoms with E-state index >= 15 is 0 Å². The van der Waals surface area contributed by atoms with Gasteiger partial charge < -0.3 is 15.7 Å². The van der Waals surface area contributed by atoms with Crippen LogP contribution in [0.4, 0.5) is 0 Å². The molecule has 0 aliphatic rings. The Morgan fingerprint density at radius 1 is 1.21 bits per heavy atom. The Morgan fingerprint density at radius 2 is 2.00 bits per heavy atom. The van der Waals surface area contributed by atoms with Gasteiger partial charge >= 0.3 is 0 Å². The molecule has 0 unspecified atom stereocenters. The lowest BCUT2D eigenvalue weighted by Gasteiger charge is -2.23. The molecule has 34 heavy (non-hydrogen) atoms. The fraction of sp³-hybridized carbons (Fsp3) is 0.269. The molecule has 4 rings (SSSR count). The van der Waals surface area contributed by atoms with E-state index in [1.54, 1.807) is 30.6 Å². The van der Waals surface area contributed by atoms with Crippen molar-refractivity contribution >= 4 is 22.5 Å². The average Bonchev–Trinajstić information content (AvgIpc) is 2.78. The molecule has 0 saturated heterocycles. The number of hydrogen-bond acceptors (Lipinski definition) is 6. The number of halogens is 1. The minimum atomic E-state index is -0.306. The second-order valence-electron chi connectivity index (χ2n) is 8.67. The highest BCUT2D eigenvalue weighted by molar-refractivity contribution is 6.31. The van der Waals surface area contributed by atoms with E-state index in [1.807, 2.05) is 32.2 Å². The summed E-state index contributed by atoms with van der Waals surface area (Å²) >= 11 is 6.37. The molecule has 3 N–H and O–H groups in total. The van der Waals surface area contributed by atoms with E-state index in [2.05, 4.69) is 21.9 Å². The van der Waals surface area contributed by atoms with Crippen molar-refractivity contribution in [1.29, 1.82) is 0 Å². The van der Waals surface area contributed by atoms with Gasteiger partial charge in [0.1, 0.15) is 5.75 Å². The van der Waals surface area contributed by atoms with Gasteiger partial charge in [0.2, 0.25) is 0 Å². The van der Waals surface area contributed by atoms with Gasteiger partial charge in [0.05, 0.1) is 22.8 Å². The molecule has 0 saturated carbocycles. The maximum atomic E-state index is 13.7. The van der Waals surface area contributed by atoms with Crippen LogP contribution < -0.4 is 11.3 Å². The Balaban J connectivity index is 1.97. The third kappa shape index (κ3) is 4.97. The molecule has 7 nitrogen and oxygen atoms in total. The van der Waals surface area contributed by atoms with E-state index in [0.717, 1.165) is 28.7 Å². The van der Waals surface area contributed by atoms with Gasteiger partial charge in [-0.25, -0.2) is 0 Å². The third-order valence-electron chi connectivity index (χ3n) is 5.84. The van der Waals surface area contributed by atoms with Crippen LogP contribution in [0.25, 0.3) is 27.7 Å². The van der Waals surface area contributed by atoms with Gasteiger partial charge in [-0.3, -0.25) is 9.78 Å². The number of pyridine rings is 1. The van der Waals surface area contributed by atoms with Gasteiger partial charge in [-0.15, -0.1) is 0 Å². The second kappa shape index (κ2) is 9.93. The van der Waals surface area contributed by atoms with E-state index < -0.39 is 0 Å². The lowest BCUT2D eigenvalue weighted by atomic mass is 9.97. The van der Waals surface area contributed by atoms with E-state index in [4.69, 9.17) is 17.3 Å². The van der Waals surface area contributed by atoms with Crippen molar-refractivity contribution < 1.29 is 5.11 Å². The normalized spacial score (nSPS) is 12.4. The smallest absolute Gasteiger partial charge is 0.281 e. The van der Waals surface area contributed by atoms with Crippen LogP contribution in [0.3, 0.4) is 0 Å². The predicted molar refractivity (Wildman–Crippen MR) is 137 cm³/mol. The van der Waals surface area contributed by atoms with Crippen LogP contribution in [0.15, 0.2) is 59.7 Å². The monoisotopic (exact) mass is 477 g/mol. The number of benzene rings is 2. The predicted octanol–water partition coefficient (Wildman–Crippen LogP) is 4.28. The van der Waals surface area contributed by atoms with Crippen LogP contribution in [-0.2, 0) is 6.54 Å². The first-order valence-corrected chi connectivity index (χ1v) is 11.6. The van der Waals surface area contributed by atoms with Gasteiger partial charge in [-0.2, -0.15) is 9.78 Å². The lowest BCUT2D eigenvalue weighted by molar-refractivity contribution is 0.301. The topological polar surface area (TPSA) is 97.3 Å². The van der Waals surface area contributed by atoms with E-state index in [-0.39, 0.29) is 17.4 Å². The zero-order valence-electron chi connectivity index (χ0n) is 19.5. The largest absolute Gasteiger partial charge is 0.508 e. The first-order valence-electron chi connectivity index (χ1n) is 11.2. The first-order chi connectivity index (χ1) is 16.3. The molecule has 1 atom stereocenters. The minimum absolute atomic E-state index is 0.0283. The molecule has 0 aliphatic carbocycles. The molecule has 2 heterocycles. The van der Waals surface area contributed by atoms with Crippen LogP contribution in [-0.4, -0.2) is 44.4 Å². The Bertz CT molecular complexity index is 1380. The fourth-order valence-corrected chi connectivity index (χ4v) is 4.44. The highest BCUT2D eigenvalue weighted by atomic mass is 35.5. The summed E-state index contributed by atoms with van der Waals surface area (Å²) in [6.07, 6.45) is 4.21. The number of aromatic nitrogens is 3.